The van der Waals surface area contributed by atoms with Gasteiger partial charge in [0.2, 0.25) is 5.91 Å². The molecule has 0 saturated heterocycles. The molecular formula is C23H24Cl2F3NO3. The first-order chi connectivity index (χ1) is 14.8. The summed E-state index contributed by atoms with van der Waals surface area (Å²) in [4.78, 5) is 24.6. The highest BCUT2D eigenvalue weighted by atomic mass is 35.5. The van der Waals surface area contributed by atoms with Crippen LogP contribution in [-0.4, -0.2) is 23.2 Å². The van der Waals surface area contributed by atoms with Gasteiger partial charge in [-0.05, 0) is 55.2 Å². The van der Waals surface area contributed by atoms with Gasteiger partial charge in [-0.3, -0.25) is 9.59 Å². The molecule has 2 rings (SSSR count). The van der Waals surface area contributed by atoms with Crippen molar-refractivity contribution in [2.75, 3.05) is 5.32 Å². The van der Waals surface area contributed by atoms with Crippen molar-refractivity contribution < 1.29 is 27.9 Å². The maximum Gasteiger partial charge on any atom is 0.392 e. The fraction of sp³-hybridized carbons (Fsp3) is 0.391. The Balaban J connectivity index is 2.38. The molecule has 0 aliphatic rings. The molecule has 4 nitrogen and oxygen atoms in total. The number of amides is 1. The number of alkyl halides is 3. The zero-order valence-corrected chi connectivity index (χ0v) is 19.3. The zero-order valence-electron chi connectivity index (χ0n) is 17.8. The number of halogens is 5. The van der Waals surface area contributed by atoms with Crippen molar-refractivity contribution >= 4 is 40.8 Å². The first-order valence-electron chi connectivity index (χ1n) is 9.93. The van der Waals surface area contributed by atoms with Crippen LogP contribution in [0.2, 0.25) is 10.0 Å². The van der Waals surface area contributed by atoms with Gasteiger partial charge in [-0.2, -0.15) is 13.2 Å². The zero-order chi connectivity index (χ0) is 24.3. The molecule has 1 amide bonds. The van der Waals surface area contributed by atoms with Crippen molar-refractivity contribution in [3.63, 3.8) is 0 Å². The summed E-state index contributed by atoms with van der Waals surface area (Å²) in [6.45, 7) is 4.29. The topological polar surface area (TPSA) is 66.4 Å². The summed E-state index contributed by atoms with van der Waals surface area (Å²) in [5.41, 5.74) is -0.172. The number of anilines is 1. The van der Waals surface area contributed by atoms with E-state index in [1.807, 2.05) is 0 Å². The van der Waals surface area contributed by atoms with Crippen LogP contribution >= 0.6 is 23.2 Å². The minimum Gasteiger partial charge on any atom is -0.481 e. The highest BCUT2D eigenvalue weighted by molar-refractivity contribution is 6.33. The van der Waals surface area contributed by atoms with Gasteiger partial charge in [0, 0.05) is 5.02 Å². The van der Waals surface area contributed by atoms with Crippen molar-refractivity contribution in [1.29, 1.82) is 0 Å². The van der Waals surface area contributed by atoms with Crippen LogP contribution in [-0.2, 0) is 16.0 Å². The summed E-state index contributed by atoms with van der Waals surface area (Å²) in [5.74, 6) is -5.36. The van der Waals surface area contributed by atoms with Gasteiger partial charge in [0.1, 0.15) is 0 Å². The van der Waals surface area contributed by atoms with Gasteiger partial charge in [0.15, 0.2) is 0 Å². The molecule has 2 N–H and O–H groups in total. The fourth-order valence-corrected chi connectivity index (χ4v) is 3.61. The monoisotopic (exact) mass is 489 g/mol. The maximum atomic E-state index is 13.5. The molecule has 9 heteroatoms. The summed E-state index contributed by atoms with van der Waals surface area (Å²) < 4.78 is 40.6. The third-order valence-corrected chi connectivity index (χ3v) is 6.29. The number of nitrogens with one attached hydrogen (secondary N) is 1. The lowest BCUT2D eigenvalue weighted by Crippen LogP contribution is -2.34. The van der Waals surface area contributed by atoms with E-state index in [2.05, 4.69) is 5.32 Å². The van der Waals surface area contributed by atoms with Gasteiger partial charge in [-0.1, -0.05) is 55.2 Å². The van der Waals surface area contributed by atoms with Gasteiger partial charge in [-0.15, -0.1) is 0 Å². The van der Waals surface area contributed by atoms with Crippen molar-refractivity contribution in [1.82, 2.24) is 0 Å². The molecular weight excluding hydrogens is 466 g/mol. The van der Waals surface area contributed by atoms with Gasteiger partial charge in [0.05, 0.1) is 28.0 Å². The van der Waals surface area contributed by atoms with E-state index in [1.54, 1.807) is 19.9 Å². The first-order valence-corrected chi connectivity index (χ1v) is 10.7. The smallest absolute Gasteiger partial charge is 0.392 e. The molecule has 0 heterocycles. The van der Waals surface area contributed by atoms with E-state index in [0.717, 1.165) is 6.92 Å². The lowest BCUT2D eigenvalue weighted by Gasteiger charge is -2.26. The molecule has 0 aliphatic heterocycles. The molecule has 0 aliphatic carbocycles. The lowest BCUT2D eigenvalue weighted by atomic mass is 9.81. The van der Waals surface area contributed by atoms with Crippen LogP contribution in [0, 0.1) is 11.3 Å². The Kier molecular flexibility index (Phi) is 8.23. The van der Waals surface area contributed by atoms with Crippen LogP contribution in [0.3, 0.4) is 0 Å². The number of rotatable bonds is 8. The Labute approximate surface area is 194 Å². The highest BCUT2D eigenvalue weighted by Crippen LogP contribution is 2.39. The predicted molar refractivity (Wildman–Crippen MR) is 119 cm³/mol. The van der Waals surface area contributed by atoms with E-state index in [-0.39, 0.29) is 22.7 Å². The average Bonchev–Trinajstić information content (AvgIpc) is 2.71. The second-order valence-corrected chi connectivity index (χ2v) is 8.90. The number of carboxylic acids is 1. The van der Waals surface area contributed by atoms with Crippen LogP contribution in [0.25, 0.3) is 0 Å². The highest BCUT2D eigenvalue weighted by Gasteiger charge is 2.45. The SMILES string of the molecule is CCC(C)(Cc1ccc(Cl)c(NC(=O)[C@H](c2ccc(Cl)cc2)C(C)C(F)(F)F)c1)C(=O)O. The Morgan fingerprint density at radius 3 is 2.19 bits per heavy atom. The molecule has 0 spiro atoms. The standard InChI is InChI=1S/C23H24Cl2F3NO3/c1-4-22(3,21(31)32)12-14-5-10-17(25)18(11-14)29-20(30)19(13(2)23(26,27)28)15-6-8-16(24)9-7-15/h5-11,13,19H,4,12H2,1-3H3,(H,29,30)(H,31,32)/t13?,19-,22?/m0/s1. The number of benzene rings is 2. The number of carbonyl (C=O) groups excluding carboxylic acids is 1. The van der Waals surface area contributed by atoms with E-state index >= 15 is 0 Å². The normalized spacial score (nSPS) is 15.5. The Hall–Kier alpha value is -2.25. The van der Waals surface area contributed by atoms with Gasteiger partial charge < -0.3 is 10.4 Å². The Bertz CT molecular complexity index is 979. The summed E-state index contributed by atoms with van der Waals surface area (Å²) in [7, 11) is 0. The third kappa shape index (κ3) is 6.17. The number of hydrogen-bond donors (Lipinski definition) is 2. The van der Waals surface area contributed by atoms with Crippen molar-refractivity contribution in [3.05, 3.63) is 63.6 Å². The molecule has 0 bridgehead atoms. The molecule has 174 valence electrons. The minimum atomic E-state index is -4.61. The molecule has 0 fully saturated rings. The van der Waals surface area contributed by atoms with Gasteiger partial charge in [-0.25, -0.2) is 0 Å². The summed E-state index contributed by atoms with van der Waals surface area (Å²) in [6.07, 6.45) is -4.08. The van der Waals surface area contributed by atoms with Gasteiger partial charge >= 0.3 is 12.1 Å². The van der Waals surface area contributed by atoms with E-state index < -0.39 is 35.3 Å². The maximum absolute atomic E-state index is 13.5. The van der Waals surface area contributed by atoms with E-state index in [0.29, 0.717) is 17.0 Å². The fourth-order valence-electron chi connectivity index (χ4n) is 3.32. The molecule has 3 atom stereocenters. The molecule has 2 aromatic rings. The second kappa shape index (κ2) is 10.1. The summed E-state index contributed by atoms with van der Waals surface area (Å²) in [5, 5.41) is 12.5. The third-order valence-electron chi connectivity index (χ3n) is 5.71. The number of hydrogen-bond acceptors (Lipinski definition) is 2. The minimum absolute atomic E-state index is 0.117. The van der Waals surface area contributed by atoms with E-state index in [1.165, 1.54) is 36.4 Å². The largest absolute Gasteiger partial charge is 0.481 e. The molecule has 0 saturated carbocycles. The Morgan fingerprint density at radius 1 is 1.09 bits per heavy atom. The number of carbonyl (C=O) groups is 2. The molecule has 32 heavy (non-hydrogen) atoms. The number of carboxylic acid groups (broad SMARTS) is 1. The molecule has 2 unspecified atom stereocenters. The second-order valence-electron chi connectivity index (χ2n) is 8.06. The summed E-state index contributed by atoms with van der Waals surface area (Å²) in [6, 6.07) is 10.2. The van der Waals surface area contributed by atoms with Gasteiger partial charge in [0.25, 0.3) is 0 Å². The van der Waals surface area contributed by atoms with Crippen molar-refractivity contribution in [3.8, 4) is 0 Å². The lowest BCUT2D eigenvalue weighted by molar-refractivity contribution is -0.178. The van der Waals surface area contributed by atoms with Crippen LogP contribution in [0.5, 0.6) is 0 Å². The van der Waals surface area contributed by atoms with Crippen LogP contribution in [0.4, 0.5) is 18.9 Å². The average molecular weight is 490 g/mol. The quantitative estimate of drug-likeness (QED) is 0.421. The van der Waals surface area contributed by atoms with Crippen LogP contribution in [0.1, 0.15) is 44.2 Å². The van der Waals surface area contributed by atoms with E-state index in [4.69, 9.17) is 23.2 Å². The van der Waals surface area contributed by atoms with Crippen LogP contribution < -0.4 is 5.32 Å². The Morgan fingerprint density at radius 2 is 1.69 bits per heavy atom. The van der Waals surface area contributed by atoms with Crippen molar-refractivity contribution in [2.45, 2.75) is 45.7 Å². The molecule has 0 radical (unpaired) electrons. The number of aliphatic carboxylic acids is 1. The summed E-state index contributed by atoms with van der Waals surface area (Å²) >= 11 is 12.0. The van der Waals surface area contributed by atoms with E-state index in [9.17, 15) is 27.9 Å². The first kappa shape index (κ1) is 26.0. The van der Waals surface area contributed by atoms with Crippen molar-refractivity contribution in [2.24, 2.45) is 11.3 Å². The predicted octanol–water partition coefficient (Wildman–Crippen LogP) is 6.96. The molecule has 2 aromatic carbocycles. The molecule has 0 aromatic heterocycles. The van der Waals surface area contributed by atoms with Crippen LogP contribution in [0.15, 0.2) is 42.5 Å².